The Kier molecular flexibility index (Phi) is 2.35. The summed E-state index contributed by atoms with van der Waals surface area (Å²) in [5.74, 6) is -1.74. The van der Waals surface area contributed by atoms with E-state index in [0.29, 0.717) is 0 Å². The first-order valence-corrected chi connectivity index (χ1v) is 5.62. The van der Waals surface area contributed by atoms with Gasteiger partial charge in [0.2, 0.25) is 0 Å². The van der Waals surface area contributed by atoms with Crippen molar-refractivity contribution >= 4 is 23.2 Å². The Morgan fingerprint density at radius 2 is 1.53 bits per heavy atom. The third-order valence-corrected chi connectivity index (χ3v) is 3.01. The minimum atomic E-state index is -0.663. The van der Waals surface area contributed by atoms with Crippen LogP contribution < -0.4 is 10.6 Å². The first kappa shape index (κ1) is 11.4. The minimum Gasteiger partial charge on any atom is -0.399 e. The number of nitrogens with two attached hydrogens (primary N) is 1. The van der Waals surface area contributed by atoms with E-state index in [1.807, 2.05) is 0 Å². The van der Waals surface area contributed by atoms with Crippen LogP contribution in [0.25, 0.3) is 0 Å². The van der Waals surface area contributed by atoms with Crippen molar-refractivity contribution in [2.75, 3.05) is 10.6 Å². The van der Waals surface area contributed by atoms with Gasteiger partial charge in [-0.15, -0.1) is 0 Å². The van der Waals surface area contributed by atoms with Gasteiger partial charge in [-0.1, -0.05) is 12.1 Å². The molecule has 0 unspecified atom stereocenters. The van der Waals surface area contributed by atoms with E-state index in [9.17, 15) is 14.0 Å². The zero-order chi connectivity index (χ0) is 13.6. The molecule has 19 heavy (non-hydrogen) atoms. The number of hydrogen-bond acceptors (Lipinski definition) is 3. The van der Waals surface area contributed by atoms with Gasteiger partial charge in [0.15, 0.2) is 0 Å². The summed E-state index contributed by atoms with van der Waals surface area (Å²) >= 11 is 0. The molecule has 94 valence electrons. The van der Waals surface area contributed by atoms with Gasteiger partial charge in [-0.25, -0.2) is 9.29 Å². The average molecular weight is 256 g/mol. The van der Waals surface area contributed by atoms with Crippen molar-refractivity contribution in [2.24, 2.45) is 0 Å². The number of fused-ring (bicyclic) bond motifs is 1. The molecule has 2 N–H and O–H groups in total. The van der Waals surface area contributed by atoms with Gasteiger partial charge >= 0.3 is 0 Å². The molecule has 3 rings (SSSR count). The lowest BCUT2D eigenvalue weighted by molar-refractivity contribution is 0.0925. The molecule has 0 spiro atoms. The number of halogens is 1. The highest BCUT2D eigenvalue weighted by Gasteiger charge is 2.37. The number of hydrogen-bond donors (Lipinski definition) is 1. The van der Waals surface area contributed by atoms with Crippen molar-refractivity contribution in [3.8, 4) is 0 Å². The monoisotopic (exact) mass is 256 g/mol. The molecular formula is C14H9FN2O2. The molecule has 5 heteroatoms. The van der Waals surface area contributed by atoms with E-state index in [-0.39, 0.29) is 22.5 Å². The average Bonchev–Trinajstić information content (AvgIpc) is 2.66. The molecule has 0 aliphatic carbocycles. The standard InChI is InChI=1S/C14H9FN2O2/c15-11-6-5-8(16)7-12(11)17-13(18)9-3-1-2-4-10(9)14(17)19/h1-7H,16H2. The molecule has 1 aliphatic rings. The quantitative estimate of drug-likeness (QED) is 0.628. The Balaban J connectivity index is 2.17. The second-order valence-electron chi connectivity index (χ2n) is 4.20. The normalized spacial score (nSPS) is 13.8. The van der Waals surface area contributed by atoms with Crippen LogP contribution in [0.1, 0.15) is 20.7 Å². The lowest BCUT2D eigenvalue weighted by Crippen LogP contribution is -2.30. The van der Waals surface area contributed by atoms with Crippen molar-refractivity contribution in [1.29, 1.82) is 0 Å². The number of carbonyl (C=O) groups is 2. The summed E-state index contributed by atoms with van der Waals surface area (Å²) in [6.45, 7) is 0. The summed E-state index contributed by atoms with van der Waals surface area (Å²) in [4.78, 5) is 25.2. The van der Waals surface area contributed by atoms with Crippen LogP contribution in [-0.2, 0) is 0 Å². The molecule has 0 atom stereocenters. The van der Waals surface area contributed by atoms with E-state index < -0.39 is 17.6 Å². The zero-order valence-electron chi connectivity index (χ0n) is 9.76. The molecule has 1 aliphatic heterocycles. The third-order valence-electron chi connectivity index (χ3n) is 3.01. The van der Waals surface area contributed by atoms with E-state index in [1.54, 1.807) is 24.3 Å². The van der Waals surface area contributed by atoms with Gasteiger partial charge in [-0.05, 0) is 30.3 Å². The molecule has 2 aromatic rings. The van der Waals surface area contributed by atoms with Crippen molar-refractivity contribution in [1.82, 2.24) is 0 Å². The third kappa shape index (κ3) is 1.59. The van der Waals surface area contributed by atoms with Gasteiger partial charge in [0.1, 0.15) is 5.82 Å². The maximum absolute atomic E-state index is 13.8. The summed E-state index contributed by atoms with van der Waals surface area (Å²) < 4.78 is 13.8. The molecule has 1 heterocycles. The van der Waals surface area contributed by atoms with Crippen LogP contribution in [0.4, 0.5) is 15.8 Å². The number of rotatable bonds is 1. The fraction of sp³-hybridized carbons (Fsp3) is 0. The van der Waals surface area contributed by atoms with Crippen LogP contribution in [0.3, 0.4) is 0 Å². The van der Waals surface area contributed by atoms with E-state index in [1.165, 1.54) is 12.1 Å². The first-order chi connectivity index (χ1) is 9.09. The van der Waals surface area contributed by atoms with Crippen LogP contribution in [0.5, 0.6) is 0 Å². The predicted molar refractivity (Wildman–Crippen MR) is 68.4 cm³/mol. The highest BCUT2D eigenvalue weighted by molar-refractivity contribution is 6.34. The van der Waals surface area contributed by atoms with Gasteiger partial charge in [0.05, 0.1) is 16.8 Å². The fourth-order valence-corrected chi connectivity index (χ4v) is 2.11. The summed E-state index contributed by atoms with van der Waals surface area (Å²) in [6.07, 6.45) is 0. The number of carbonyl (C=O) groups excluding carboxylic acids is 2. The smallest absolute Gasteiger partial charge is 0.266 e. The van der Waals surface area contributed by atoms with Gasteiger partial charge in [-0.3, -0.25) is 9.59 Å². The zero-order valence-corrected chi connectivity index (χ0v) is 9.76. The second-order valence-corrected chi connectivity index (χ2v) is 4.20. The molecule has 0 aromatic heterocycles. The van der Waals surface area contributed by atoms with Crippen molar-refractivity contribution < 1.29 is 14.0 Å². The van der Waals surface area contributed by atoms with Crippen LogP contribution in [-0.4, -0.2) is 11.8 Å². The Morgan fingerprint density at radius 3 is 2.11 bits per heavy atom. The number of amides is 2. The van der Waals surface area contributed by atoms with E-state index >= 15 is 0 Å². The first-order valence-electron chi connectivity index (χ1n) is 5.62. The van der Waals surface area contributed by atoms with Gasteiger partial charge < -0.3 is 5.73 Å². The van der Waals surface area contributed by atoms with Gasteiger partial charge in [0.25, 0.3) is 11.8 Å². The minimum absolute atomic E-state index is 0.119. The molecule has 0 fully saturated rings. The SMILES string of the molecule is Nc1ccc(F)c(N2C(=O)c3ccccc3C2=O)c1. The van der Waals surface area contributed by atoms with Crippen LogP contribution >= 0.6 is 0 Å². The highest BCUT2D eigenvalue weighted by atomic mass is 19.1. The fourth-order valence-electron chi connectivity index (χ4n) is 2.11. The van der Waals surface area contributed by atoms with Crippen molar-refractivity contribution in [3.63, 3.8) is 0 Å². The summed E-state index contributed by atoms with van der Waals surface area (Å²) in [5, 5.41) is 0. The number of nitrogen functional groups attached to an aromatic ring is 1. The lowest BCUT2D eigenvalue weighted by atomic mass is 10.1. The Hall–Kier alpha value is -2.69. The molecule has 0 saturated heterocycles. The largest absolute Gasteiger partial charge is 0.399 e. The topological polar surface area (TPSA) is 63.4 Å². The molecular weight excluding hydrogens is 247 g/mol. The van der Waals surface area contributed by atoms with Crippen LogP contribution in [0, 0.1) is 5.82 Å². The van der Waals surface area contributed by atoms with Gasteiger partial charge in [-0.2, -0.15) is 0 Å². The number of anilines is 2. The molecule has 0 bridgehead atoms. The highest BCUT2D eigenvalue weighted by Crippen LogP contribution is 2.31. The molecule has 4 nitrogen and oxygen atoms in total. The van der Waals surface area contributed by atoms with E-state index in [2.05, 4.69) is 0 Å². The summed E-state index contributed by atoms with van der Waals surface area (Å²) in [7, 11) is 0. The molecule has 2 amide bonds. The molecule has 0 radical (unpaired) electrons. The Bertz CT molecular complexity index is 677. The van der Waals surface area contributed by atoms with Crippen LogP contribution in [0.2, 0.25) is 0 Å². The summed E-state index contributed by atoms with van der Waals surface area (Å²) in [6, 6.07) is 10.2. The molecule has 0 saturated carbocycles. The van der Waals surface area contributed by atoms with Crippen LogP contribution in [0.15, 0.2) is 42.5 Å². The number of benzene rings is 2. The van der Waals surface area contributed by atoms with Gasteiger partial charge in [0, 0.05) is 5.69 Å². The Morgan fingerprint density at radius 1 is 0.947 bits per heavy atom. The maximum Gasteiger partial charge on any atom is 0.266 e. The van der Waals surface area contributed by atoms with Crippen molar-refractivity contribution in [3.05, 3.63) is 59.4 Å². The maximum atomic E-state index is 13.8. The van der Waals surface area contributed by atoms with E-state index in [4.69, 9.17) is 5.73 Å². The predicted octanol–water partition coefficient (Wildman–Crippen LogP) is 2.21. The lowest BCUT2D eigenvalue weighted by Gasteiger charge is -2.15. The number of imide groups is 1. The number of nitrogens with zero attached hydrogens (tertiary/aromatic N) is 1. The Labute approximate surface area is 108 Å². The van der Waals surface area contributed by atoms with E-state index in [0.717, 1.165) is 11.0 Å². The van der Waals surface area contributed by atoms with Crippen molar-refractivity contribution in [2.45, 2.75) is 0 Å². The summed E-state index contributed by atoms with van der Waals surface area (Å²) in [5.41, 5.74) is 6.29. The second kappa shape index (κ2) is 3.91. The molecule has 2 aromatic carbocycles.